The topological polar surface area (TPSA) is 71.5 Å². The van der Waals surface area contributed by atoms with Gasteiger partial charge in [-0.15, -0.1) is 11.6 Å². The van der Waals surface area contributed by atoms with Crippen LogP contribution in [0, 0.1) is 0 Å². The molecule has 0 aromatic rings. The van der Waals surface area contributed by atoms with Gasteiger partial charge in [0.25, 0.3) is 0 Å². The highest BCUT2D eigenvalue weighted by Crippen LogP contribution is 2.03. The Hall–Kier alpha value is 0.150. The number of hydrogen-bond acceptors (Lipinski definition) is 4. The molecule has 0 N–H and O–H groups in total. The molecule has 16 heavy (non-hydrogen) atoms. The van der Waals surface area contributed by atoms with Crippen molar-refractivity contribution in [2.45, 2.75) is 12.8 Å². The Morgan fingerprint density at radius 2 is 1.62 bits per heavy atom. The number of sulfone groups is 1. The minimum Gasteiger partial charge on any atom is -0.229 e. The van der Waals surface area contributed by atoms with Gasteiger partial charge in [0.2, 0.25) is 10.0 Å². The maximum atomic E-state index is 11.6. The molecule has 0 aromatic heterocycles. The molecule has 0 bridgehead atoms. The van der Waals surface area contributed by atoms with E-state index in [-0.39, 0.29) is 18.1 Å². The standard InChI is InChI=1S/C8H18ClNO4S2/c1-10(6-8-15(2,11)12)16(13,14)7-4-3-5-9/h3-8H2,1-2H3. The summed E-state index contributed by atoms with van der Waals surface area (Å²) in [6.07, 6.45) is 2.22. The van der Waals surface area contributed by atoms with Gasteiger partial charge in [0.15, 0.2) is 0 Å². The normalized spacial score (nSPS) is 13.2. The summed E-state index contributed by atoms with van der Waals surface area (Å²) in [7, 11) is -5.09. The fourth-order valence-corrected chi connectivity index (χ4v) is 3.13. The van der Waals surface area contributed by atoms with Gasteiger partial charge in [0.1, 0.15) is 9.84 Å². The van der Waals surface area contributed by atoms with Crippen LogP contribution in [-0.4, -0.2) is 58.4 Å². The molecule has 0 unspecified atom stereocenters. The van der Waals surface area contributed by atoms with E-state index in [4.69, 9.17) is 11.6 Å². The quantitative estimate of drug-likeness (QED) is 0.477. The maximum Gasteiger partial charge on any atom is 0.213 e. The average Bonchev–Trinajstić information content (AvgIpc) is 2.13. The van der Waals surface area contributed by atoms with E-state index in [9.17, 15) is 16.8 Å². The van der Waals surface area contributed by atoms with Crippen LogP contribution in [0.25, 0.3) is 0 Å². The summed E-state index contributed by atoms with van der Waals surface area (Å²) in [5.74, 6) is 0.292. The SMILES string of the molecule is CN(CCS(C)(=O)=O)S(=O)(=O)CCCCCl. The highest BCUT2D eigenvalue weighted by Gasteiger charge is 2.18. The molecule has 0 aliphatic carbocycles. The van der Waals surface area contributed by atoms with Gasteiger partial charge in [-0.2, -0.15) is 0 Å². The number of unbranched alkanes of at least 4 members (excludes halogenated alkanes) is 1. The summed E-state index contributed by atoms with van der Waals surface area (Å²) in [5.41, 5.74) is 0. The molecular formula is C8H18ClNO4S2. The van der Waals surface area contributed by atoms with Crippen molar-refractivity contribution in [3.63, 3.8) is 0 Å². The number of sulfonamides is 1. The molecule has 0 saturated heterocycles. The molecule has 0 aliphatic heterocycles. The van der Waals surface area contributed by atoms with E-state index < -0.39 is 19.9 Å². The summed E-state index contributed by atoms with van der Waals surface area (Å²) in [6.45, 7) is 0.00203. The van der Waals surface area contributed by atoms with Crippen molar-refractivity contribution in [1.29, 1.82) is 0 Å². The molecule has 0 atom stereocenters. The minimum atomic E-state index is -3.34. The summed E-state index contributed by atoms with van der Waals surface area (Å²) < 4.78 is 46.1. The van der Waals surface area contributed by atoms with Crippen molar-refractivity contribution < 1.29 is 16.8 Å². The second-order valence-corrected chi connectivity index (χ2v) is 8.50. The molecule has 0 amide bonds. The number of hydrogen-bond donors (Lipinski definition) is 0. The van der Waals surface area contributed by atoms with E-state index in [1.165, 1.54) is 7.05 Å². The fraction of sp³-hybridized carbons (Fsp3) is 1.00. The highest BCUT2D eigenvalue weighted by molar-refractivity contribution is 7.91. The Bertz CT molecular complexity index is 390. The van der Waals surface area contributed by atoms with Crippen LogP contribution < -0.4 is 0 Å². The second-order valence-electron chi connectivity index (χ2n) is 3.66. The summed E-state index contributed by atoms with van der Waals surface area (Å²) in [4.78, 5) is 0. The third kappa shape index (κ3) is 7.43. The Labute approximate surface area is 103 Å². The molecule has 5 nitrogen and oxygen atoms in total. The zero-order valence-electron chi connectivity index (χ0n) is 9.52. The van der Waals surface area contributed by atoms with Gasteiger partial charge in [-0.05, 0) is 12.8 Å². The van der Waals surface area contributed by atoms with E-state index in [1.54, 1.807) is 0 Å². The van der Waals surface area contributed by atoms with Gasteiger partial charge in [-0.1, -0.05) is 0 Å². The smallest absolute Gasteiger partial charge is 0.213 e. The van der Waals surface area contributed by atoms with Crippen molar-refractivity contribution in [1.82, 2.24) is 4.31 Å². The molecule has 0 rings (SSSR count). The monoisotopic (exact) mass is 291 g/mol. The van der Waals surface area contributed by atoms with Crippen molar-refractivity contribution >= 4 is 31.5 Å². The number of alkyl halides is 1. The van der Waals surface area contributed by atoms with E-state index in [0.29, 0.717) is 18.7 Å². The number of nitrogens with zero attached hydrogens (tertiary/aromatic N) is 1. The van der Waals surface area contributed by atoms with E-state index in [1.807, 2.05) is 0 Å². The Morgan fingerprint density at radius 1 is 1.06 bits per heavy atom. The van der Waals surface area contributed by atoms with Crippen LogP contribution in [0.2, 0.25) is 0 Å². The fourth-order valence-electron chi connectivity index (χ4n) is 0.968. The van der Waals surface area contributed by atoms with Crippen molar-refractivity contribution in [2.24, 2.45) is 0 Å². The van der Waals surface area contributed by atoms with Crippen LogP contribution in [0.1, 0.15) is 12.8 Å². The van der Waals surface area contributed by atoms with Crippen LogP contribution in [0.15, 0.2) is 0 Å². The van der Waals surface area contributed by atoms with Crippen LogP contribution in [0.3, 0.4) is 0 Å². The predicted molar refractivity (Wildman–Crippen MR) is 66.1 cm³/mol. The molecular weight excluding hydrogens is 274 g/mol. The Balaban J connectivity index is 4.20. The van der Waals surface area contributed by atoms with Gasteiger partial charge in [-0.25, -0.2) is 21.1 Å². The van der Waals surface area contributed by atoms with Crippen molar-refractivity contribution in [3.8, 4) is 0 Å². The van der Waals surface area contributed by atoms with E-state index >= 15 is 0 Å². The first-order valence-electron chi connectivity index (χ1n) is 4.87. The van der Waals surface area contributed by atoms with Crippen molar-refractivity contribution in [2.75, 3.05) is 37.2 Å². The Morgan fingerprint density at radius 3 is 2.06 bits per heavy atom. The maximum absolute atomic E-state index is 11.6. The number of rotatable bonds is 8. The summed E-state index contributed by atoms with van der Waals surface area (Å²) >= 11 is 5.44. The van der Waals surface area contributed by atoms with Gasteiger partial charge in [-0.3, -0.25) is 0 Å². The lowest BCUT2D eigenvalue weighted by molar-refractivity contribution is 0.483. The molecule has 0 radical (unpaired) electrons. The lowest BCUT2D eigenvalue weighted by atomic mass is 10.4. The van der Waals surface area contributed by atoms with E-state index in [0.717, 1.165) is 10.6 Å². The van der Waals surface area contributed by atoms with Gasteiger partial charge < -0.3 is 0 Å². The summed E-state index contributed by atoms with van der Waals surface area (Å²) in [5, 5.41) is 0. The largest absolute Gasteiger partial charge is 0.229 e. The van der Waals surface area contributed by atoms with Crippen LogP contribution >= 0.6 is 11.6 Å². The third-order valence-corrected chi connectivity index (χ3v) is 5.17. The molecule has 8 heteroatoms. The average molecular weight is 292 g/mol. The molecule has 0 saturated carbocycles. The first-order valence-corrected chi connectivity index (χ1v) is 9.07. The lowest BCUT2D eigenvalue weighted by Crippen LogP contribution is -2.33. The lowest BCUT2D eigenvalue weighted by Gasteiger charge is -2.16. The second kappa shape index (κ2) is 6.78. The molecule has 0 spiro atoms. The molecule has 0 aromatic carbocycles. The van der Waals surface area contributed by atoms with Crippen LogP contribution in [-0.2, 0) is 19.9 Å². The Kier molecular flexibility index (Phi) is 6.84. The van der Waals surface area contributed by atoms with Crippen LogP contribution in [0.5, 0.6) is 0 Å². The zero-order chi connectivity index (χ0) is 12.8. The zero-order valence-corrected chi connectivity index (χ0v) is 11.9. The van der Waals surface area contributed by atoms with Gasteiger partial charge in [0.05, 0.1) is 11.5 Å². The molecule has 0 heterocycles. The molecule has 0 fully saturated rings. The minimum absolute atomic E-state index is 0.00203. The third-order valence-electron chi connectivity index (χ3n) is 2.04. The highest BCUT2D eigenvalue weighted by atomic mass is 35.5. The van der Waals surface area contributed by atoms with Gasteiger partial charge in [0, 0.05) is 25.7 Å². The van der Waals surface area contributed by atoms with Gasteiger partial charge >= 0.3 is 0 Å². The number of halogens is 1. The summed E-state index contributed by atoms with van der Waals surface area (Å²) in [6, 6.07) is 0. The first-order chi connectivity index (χ1) is 7.19. The van der Waals surface area contributed by atoms with Crippen molar-refractivity contribution in [3.05, 3.63) is 0 Å². The van der Waals surface area contributed by atoms with Crippen LogP contribution in [0.4, 0.5) is 0 Å². The van der Waals surface area contributed by atoms with E-state index in [2.05, 4.69) is 0 Å². The first kappa shape index (κ1) is 16.1. The molecule has 98 valence electrons. The molecule has 0 aliphatic rings. The predicted octanol–water partition coefficient (Wildman–Crippen LogP) is 0.312.